The number of carbonyl (C=O) groups excluding carboxylic acids is 2. The average Bonchev–Trinajstić information content (AvgIpc) is 3.16. The van der Waals surface area contributed by atoms with Crippen molar-refractivity contribution in [3.8, 4) is 11.5 Å². The van der Waals surface area contributed by atoms with Crippen LogP contribution in [0.15, 0.2) is 41.0 Å². The van der Waals surface area contributed by atoms with Gasteiger partial charge in [-0.2, -0.15) is 0 Å². The first-order valence-corrected chi connectivity index (χ1v) is 7.78. The number of nitrogens with one attached hydrogen (secondary N) is 1. The number of rotatable bonds is 9. The fourth-order valence-electron chi connectivity index (χ4n) is 2.14. The second kappa shape index (κ2) is 9.36. The zero-order chi connectivity index (χ0) is 18.1. The first-order chi connectivity index (χ1) is 12.1. The molecule has 0 saturated heterocycles. The molecule has 0 aliphatic rings. The summed E-state index contributed by atoms with van der Waals surface area (Å²) in [5.74, 6) is 1.08. The van der Waals surface area contributed by atoms with Gasteiger partial charge in [-0.05, 0) is 29.8 Å². The summed E-state index contributed by atoms with van der Waals surface area (Å²) in [6.45, 7) is -0.0204. The molecular weight excluding hydrogens is 326 g/mol. The van der Waals surface area contributed by atoms with Gasteiger partial charge in [0.2, 0.25) is 0 Å². The maximum Gasteiger partial charge on any atom is 0.306 e. The Labute approximate surface area is 145 Å². The lowest BCUT2D eigenvalue weighted by Crippen LogP contribution is -2.28. The van der Waals surface area contributed by atoms with E-state index in [9.17, 15) is 9.59 Å². The lowest BCUT2D eigenvalue weighted by Gasteiger charge is -2.10. The van der Waals surface area contributed by atoms with Crippen LogP contribution in [0.1, 0.15) is 17.7 Å². The minimum atomic E-state index is -0.447. The number of esters is 1. The van der Waals surface area contributed by atoms with Crippen LogP contribution in [0.5, 0.6) is 11.5 Å². The fourth-order valence-corrected chi connectivity index (χ4v) is 2.14. The molecule has 1 amide bonds. The number of hydrogen-bond acceptors (Lipinski definition) is 6. The van der Waals surface area contributed by atoms with E-state index in [2.05, 4.69) is 5.32 Å². The van der Waals surface area contributed by atoms with Crippen LogP contribution in [0.4, 0.5) is 0 Å². The van der Waals surface area contributed by atoms with E-state index in [-0.39, 0.29) is 18.9 Å². The summed E-state index contributed by atoms with van der Waals surface area (Å²) in [5.41, 5.74) is 0.843. The summed E-state index contributed by atoms with van der Waals surface area (Å²) < 4.78 is 20.4. The van der Waals surface area contributed by atoms with Gasteiger partial charge in [-0.1, -0.05) is 6.07 Å². The molecule has 1 heterocycles. The molecule has 25 heavy (non-hydrogen) atoms. The number of furan rings is 1. The molecule has 1 aromatic carbocycles. The molecule has 0 radical (unpaired) electrons. The molecule has 0 saturated carbocycles. The molecule has 0 spiro atoms. The third kappa shape index (κ3) is 5.87. The molecule has 134 valence electrons. The highest BCUT2D eigenvalue weighted by Crippen LogP contribution is 2.27. The maximum atomic E-state index is 11.8. The molecule has 2 rings (SSSR count). The summed E-state index contributed by atoms with van der Waals surface area (Å²) in [7, 11) is 3.10. The first-order valence-electron chi connectivity index (χ1n) is 7.78. The number of aryl methyl sites for hydroxylation is 1. The predicted molar refractivity (Wildman–Crippen MR) is 89.4 cm³/mol. The van der Waals surface area contributed by atoms with Gasteiger partial charge in [0, 0.05) is 13.0 Å². The quantitative estimate of drug-likeness (QED) is 0.699. The summed E-state index contributed by atoms with van der Waals surface area (Å²) in [6, 6.07) is 8.88. The molecule has 2 aromatic rings. The highest BCUT2D eigenvalue weighted by atomic mass is 16.5. The Morgan fingerprint density at radius 1 is 1.12 bits per heavy atom. The molecule has 7 heteroatoms. The predicted octanol–water partition coefficient (Wildman–Crippen LogP) is 2.09. The lowest BCUT2D eigenvalue weighted by molar-refractivity contribution is -0.148. The standard InChI is InChI=1S/C18H21NO6/c1-22-15-7-5-13(10-16(15)23-2)11-19-17(20)12-25-18(21)8-6-14-4-3-9-24-14/h3-5,7,9-10H,6,8,11-12H2,1-2H3,(H,19,20). The second-order valence-corrected chi connectivity index (χ2v) is 5.21. The SMILES string of the molecule is COc1ccc(CNC(=O)COC(=O)CCc2ccco2)cc1OC. The summed E-state index contributed by atoms with van der Waals surface area (Å²) in [6.07, 6.45) is 2.15. The minimum absolute atomic E-state index is 0.163. The molecule has 0 unspecified atom stereocenters. The summed E-state index contributed by atoms with van der Waals surface area (Å²) >= 11 is 0. The van der Waals surface area contributed by atoms with E-state index in [4.69, 9.17) is 18.6 Å². The number of carbonyl (C=O) groups is 2. The van der Waals surface area contributed by atoms with Crippen LogP contribution >= 0.6 is 0 Å². The maximum absolute atomic E-state index is 11.8. The number of ether oxygens (including phenoxy) is 3. The molecule has 0 bridgehead atoms. The van der Waals surface area contributed by atoms with Crippen molar-refractivity contribution in [2.45, 2.75) is 19.4 Å². The van der Waals surface area contributed by atoms with Crippen LogP contribution in [-0.4, -0.2) is 32.7 Å². The van der Waals surface area contributed by atoms with Gasteiger partial charge in [-0.15, -0.1) is 0 Å². The summed E-state index contributed by atoms with van der Waals surface area (Å²) in [5, 5.41) is 2.68. The molecule has 1 aromatic heterocycles. The van der Waals surface area contributed by atoms with Crippen LogP contribution < -0.4 is 14.8 Å². The Morgan fingerprint density at radius 2 is 1.92 bits per heavy atom. The van der Waals surface area contributed by atoms with E-state index in [1.165, 1.54) is 0 Å². The Morgan fingerprint density at radius 3 is 2.60 bits per heavy atom. The number of amides is 1. The zero-order valence-corrected chi connectivity index (χ0v) is 14.2. The third-order valence-electron chi connectivity index (χ3n) is 3.46. The van der Waals surface area contributed by atoms with Gasteiger partial charge in [-0.25, -0.2) is 0 Å². The largest absolute Gasteiger partial charge is 0.493 e. The van der Waals surface area contributed by atoms with Crippen molar-refractivity contribution >= 4 is 11.9 Å². The van der Waals surface area contributed by atoms with E-state index in [0.29, 0.717) is 30.2 Å². The van der Waals surface area contributed by atoms with Gasteiger partial charge in [0.1, 0.15) is 5.76 Å². The monoisotopic (exact) mass is 347 g/mol. The number of benzene rings is 1. The second-order valence-electron chi connectivity index (χ2n) is 5.21. The van der Waals surface area contributed by atoms with Gasteiger partial charge in [0.25, 0.3) is 5.91 Å². The highest BCUT2D eigenvalue weighted by molar-refractivity contribution is 5.80. The zero-order valence-electron chi connectivity index (χ0n) is 14.2. The molecule has 1 N–H and O–H groups in total. The normalized spacial score (nSPS) is 10.2. The van der Waals surface area contributed by atoms with Crippen molar-refractivity contribution in [2.24, 2.45) is 0 Å². The van der Waals surface area contributed by atoms with E-state index >= 15 is 0 Å². The van der Waals surface area contributed by atoms with E-state index in [0.717, 1.165) is 5.56 Å². The van der Waals surface area contributed by atoms with Crippen molar-refractivity contribution in [3.63, 3.8) is 0 Å². The van der Waals surface area contributed by atoms with Gasteiger partial charge in [0.15, 0.2) is 18.1 Å². The van der Waals surface area contributed by atoms with Gasteiger partial charge in [-0.3, -0.25) is 9.59 Å². The topological polar surface area (TPSA) is 87.0 Å². The number of methoxy groups -OCH3 is 2. The van der Waals surface area contributed by atoms with Crippen molar-refractivity contribution in [1.82, 2.24) is 5.32 Å². The first kappa shape index (κ1) is 18.4. The van der Waals surface area contributed by atoms with Gasteiger partial charge >= 0.3 is 5.97 Å². The van der Waals surface area contributed by atoms with Gasteiger partial charge in [0.05, 0.1) is 26.9 Å². The molecule has 0 fully saturated rings. The molecule has 0 aliphatic carbocycles. The van der Waals surface area contributed by atoms with Crippen LogP contribution in [0.2, 0.25) is 0 Å². The molecular formula is C18H21NO6. The van der Waals surface area contributed by atoms with Crippen LogP contribution in [0.25, 0.3) is 0 Å². The number of hydrogen-bond donors (Lipinski definition) is 1. The van der Waals surface area contributed by atoms with E-state index in [1.807, 2.05) is 6.07 Å². The Hall–Kier alpha value is -2.96. The molecule has 0 atom stereocenters. The van der Waals surface area contributed by atoms with Crippen LogP contribution in [-0.2, 0) is 27.3 Å². The Balaban J connectivity index is 1.70. The smallest absolute Gasteiger partial charge is 0.306 e. The minimum Gasteiger partial charge on any atom is -0.493 e. The Bertz CT molecular complexity index is 696. The molecule has 7 nitrogen and oxygen atoms in total. The lowest BCUT2D eigenvalue weighted by atomic mass is 10.2. The summed E-state index contributed by atoms with van der Waals surface area (Å²) in [4.78, 5) is 23.4. The fraction of sp³-hybridized carbons (Fsp3) is 0.333. The van der Waals surface area contributed by atoms with Crippen LogP contribution in [0.3, 0.4) is 0 Å². The van der Waals surface area contributed by atoms with E-state index < -0.39 is 5.97 Å². The van der Waals surface area contributed by atoms with Gasteiger partial charge < -0.3 is 23.9 Å². The van der Waals surface area contributed by atoms with E-state index in [1.54, 1.807) is 44.7 Å². The molecule has 0 aliphatic heterocycles. The Kier molecular flexibility index (Phi) is 6.88. The third-order valence-corrected chi connectivity index (χ3v) is 3.46. The van der Waals surface area contributed by atoms with Crippen molar-refractivity contribution in [1.29, 1.82) is 0 Å². The van der Waals surface area contributed by atoms with Crippen molar-refractivity contribution in [3.05, 3.63) is 47.9 Å². The van der Waals surface area contributed by atoms with Crippen LogP contribution in [0, 0.1) is 0 Å². The van der Waals surface area contributed by atoms with Crippen molar-refractivity contribution < 1.29 is 28.2 Å². The highest BCUT2D eigenvalue weighted by Gasteiger charge is 2.10. The average molecular weight is 347 g/mol. The van der Waals surface area contributed by atoms with Crippen molar-refractivity contribution in [2.75, 3.05) is 20.8 Å².